The second-order valence-corrected chi connectivity index (χ2v) is 9.87. The maximum atomic E-state index is 12.4. The van der Waals surface area contributed by atoms with Gasteiger partial charge in [0, 0.05) is 46.4 Å². The van der Waals surface area contributed by atoms with Gasteiger partial charge in [0.2, 0.25) is 5.91 Å². The molecule has 0 unspecified atom stereocenters. The highest BCUT2D eigenvalue weighted by Gasteiger charge is 2.25. The summed E-state index contributed by atoms with van der Waals surface area (Å²) in [4.78, 5) is 29.3. The number of pyridine rings is 3. The predicted molar refractivity (Wildman–Crippen MR) is 141 cm³/mol. The van der Waals surface area contributed by atoms with Gasteiger partial charge >= 0.3 is 0 Å². The highest BCUT2D eigenvalue weighted by Crippen LogP contribution is 2.35. The second-order valence-electron chi connectivity index (χ2n) is 9.09. The van der Waals surface area contributed by atoms with E-state index in [0.717, 1.165) is 63.8 Å². The van der Waals surface area contributed by atoms with Crippen LogP contribution in [0.15, 0.2) is 65.9 Å². The highest BCUT2D eigenvalue weighted by atomic mass is 32.1. The lowest BCUT2D eigenvalue weighted by atomic mass is 9.85. The fraction of sp³-hybridized carbons (Fsp3) is 0.148. The number of nitrogens with zero attached hydrogens (tertiary/aromatic N) is 4. The molecule has 6 heterocycles. The normalized spacial score (nSPS) is 13.8. The Labute approximate surface area is 209 Å². The summed E-state index contributed by atoms with van der Waals surface area (Å²) in [6.45, 7) is 0. The Morgan fingerprint density at radius 3 is 2.75 bits per heavy atom. The molecule has 0 bridgehead atoms. The number of aromatic nitrogens is 6. The molecular formula is C27H21N7OS. The molecule has 1 fully saturated rings. The van der Waals surface area contributed by atoms with E-state index in [-0.39, 0.29) is 11.8 Å². The number of hydrogen-bond donors (Lipinski definition) is 3. The smallest absolute Gasteiger partial charge is 0.227 e. The number of carbonyl (C=O) groups excluding carboxylic acids is 1. The first kappa shape index (κ1) is 21.0. The first-order valence-corrected chi connectivity index (χ1v) is 12.8. The summed E-state index contributed by atoms with van der Waals surface area (Å²) in [7, 11) is 0. The molecule has 0 saturated heterocycles. The lowest BCUT2D eigenvalue weighted by Crippen LogP contribution is -2.28. The van der Waals surface area contributed by atoms with Gasteiger partial charge in [0.15, 0.2) is 5.65 Å². The molecule has 0 aliphatic heterocycles. The number of rotatable bonds is 5. The summed E-state index contributed by atoms with van der Waals surface area (Å²) in [6.07, 6.45) is 10.1. The number of hydrogen-bond acceptors (Lipinski definition) is 6. The fourth-order valence-corrected chi connectivity index (χ4v) is 5.33. The van der Waals surface area contributed by atoms with E-state index in [0.29, 0.717) is 11.3 Å². The number of aromatic amines is 2. The number of nitrogens with one attached hydrogen (secondary N) is 3. The molecule has 0 spiro atoms. The van der Waals surface area contributed by atoms with Crippen LogP contribution < -0.4 is 5.32 Å². The minimum Gasteiger partial charge on any atom is -0.338 e. The molecule has 9 heteroatoms. The van der Waals surface area contributed by atoms with E-state index in [1.54, 1.807) is 29.9 Å². The van der Waals surface area contributed by atoms with Crippen LogP contribution in [-0.4, -0.2) is 36.0 Å². The third kappa shape index (κ3) is 3.56. The van der Waals surface area contributed by atoms with E-state index in [1.165, 1.54) is 5.56 Å². The minimum absolute atomic E-state index is 0.0696. The van der Waals surface area contributed by atoms with Gasteiger partial charge in [-0.2, -0.15) is 16.4 Å². The Bertz CT molecular complexity index is 1730. The highest BCUT2D eigenvalue weighted by molar-refractivity contribution is 7.08. The van der Waals surface area contributed by atoms with E-state index in [2.05, 4.69) is 64.4 Å². The molecule has 6 aromatic rings. The second kappa shape index (κ2) is 8.39. The summed E-state index contributed by atoms with van der Waals surface area (Å²) in [5.41, 5.74) is 7.95. The Morgan fingerprint density at radius 1 is 1.00 bits per heavy atom. The van der Waals surface area contributed by atoms with Crippen molar-refractivity contribution in [1.82, 2.24) is 30.1 Å². The predicted octanol–water partition coefficient (Wildman–Crippen LogP) is 6.03. The van der Waals surface area contributed by atoms with Gasteiger partial charge in [-0.05, 0) is 65.1 Å². The third-order valence-corrected chi connectivity index (χ3v) is 7.54. The van der Waals surface area contributed by atoms with Gasteiger partial charge in [-0.1, -0.05) is 6.42 Å². The molecule has 176 valence electrons. The van der Waals surface area contributed by atoms with Crippen molar-refractivity contribution >= 4 is 45.0 Å². The van der Waals surface area contributed by atoms with Crippen LogP contribution in [0.25, 0.3) is 55.7 Å². The van der Waals surface area contributed by atoms with Gasteiger partial charge in [-0.3, -0.25) is 14.9 Å². The fourth-order valence-electron chi connectivity index (χ4n) is 4.67. The van der Waals surface area contributed by atoms with E-state index in [9.17, 15) is 4.79 Å². The first-order valence-electron chi connectivity index (χ1n) is 11.8. The Morgan fingerprint density at radius 2 is 1.92 bits per heavy atom. The van der Waals surface area contributed by atoms with E-state index in [4.69, 9.17) is 0 Å². The van der Waals surface area contributed by atoms with Crippen LogP contribution in [0.1, 0.15) is 19.3 Å². The average molecular weight is 492 g/mol. The third-order valence-electron chi connectivity index (χ3n) is 6.86. The van der Waals surface area contributed by atoms with Crippen LogP contribution in [0.4, 0.5) is 5.69 Å². The molecule has 1 amide bonds. The molecule has 8 nitrogen and oxygen atoms in total. The number of amides is 1. The summed E-state index contributed by atoms with van der Waals surface area (Å²) in [5.74, 6) is 0.186. The van der Waals surface area contributed by atoms with Crippen LogP contribution in [0.2, 0.25) is 0 Å². The van der Waals surface area contributed by atoms with Gasteiger partial charge in [-0.25, -0.2) is 9.97 Å². The molecule has 36 heavy (non-hydrogen) atoms. The first-order chi connectivity index (χ1) is 17.7. The van der Waals surface area contributed by atoms with Crippen LogP contribution >= 0.6 is 11.3 Å². The van der Waals surface area contributed by atoms with E-state index < -0.39 is 0 Å². The molecule has 7 rings (SSSR count). The molecule has 0 aromatic carbocycles. The lowest BCUT2D eigenvalue weighted by Gasteiger charge is -2.24. The lowest BCUT2D eigenvalue weighted by molar-refractivity contribution is -0.122. The number of H-pyrrole nitrogens is 2. The zero-order valence-electron chi connectivity index (χ0n) is 19.2. The number of carbonyl (C=O) groups is 1. The summed E-state index contributed by atoms with van der Waals surface area (Å²) in [5, 5.41) is 16.7. The maximum absolute atomic E-state index is 12.4. The van der Waals surface area contributed by atoms with Crippen molar-refractivity contribution < 1.29 is 4.79 Å². The Hall–Kier alpha value is -4.37. The molecule has 0 atom stereocenters. The maximum Gasteiger partial charge on any atom is 0.227 e. The minimum atomic E-state index is 0.0696. The Balaban J connectivity index is 1.26. The van der Waals surface area contributed by atoms with Gasteiger partial charge < -0.3 is 10.3 Å². The van der Waals surface area contributed by atoms with Gasteiger partial charge in [0.25, 0.3) is 0 Å². The average Bonchev–Trinajstić information content (AvgIpc) is 3.61. The summed E-state index contributed by atoms with van der Waals surface area (Å²) in [6, 6.07) is 10.2. The Kier molecular flexibility index (Phi) is 4.88. The SMILES string of the molecule is O=C(Nc1cncc(-c2cnc3n[nH]c(-c4cc5c(-c6ccsc6)ccnc5[nH]4)c3c2)c1)C1CCC1. The zero-order valence-corrected chi connectivity index (χ0v) is 20.0. The van der Waals surface area contributed by atoms with Crippen molar-refractivity contribution in [2.24, 2.45) is 5.92 Å². The largest absolute Gasteiger partial charge is 0.338 e. The molecular weight excluding hydrogens is 470 g/mol. The van der Waals surface area contributed by atoms with Crippen molar-refractivity contribution in [3.8, 4) is 33.6 Å². The van der Waals surface area contributed by atoms with Gasteiger partial charge in [0.1, 0.15) is 5.65 Å². The zero-order chi connectivity index (χ0) is 24.1. The van der Waals surface area contributed by atoms with E-state index >= 15 is 0 Å². The molecule has 1 aliphatic carbocycles. The number of fused-ring (bicyclic) bond motifs is 2. The summed E-state index contributed by atoms with van der Waals surface area (Å²) >= 11 is 1.67. The number of thiophene rings is 1. The van der Waals surface area contributed by atoms with Crippen LogP contribution in [0, 0.1) is 5.92 Å². The quantitative estimate of drug-likeness (QED) is 0.273. The molecule has 6 aromatic heterocycles. The van der Waals surface area contributed by atoms with Crippen molar-refractivity contribution in [1.29, 1.82) is 0 Å². The topological polar surface area (TPSA) is 112 Å². The van der Waals surface area contributed by atoms with Crippen molar-refractivity contribution in [3.63, 3.8) is 0 Å². The van der Waals surface area contributed by atoms with Gasteiger partial charge in [0.05, 0.1) is 23.3 Å². The van der Waals surface area contributed by atoms with Gasteiger partial charge in [-0.15, -0.1) is 0 Å². The standard InChI is InChI=1S/C27H21N7OS/c35-27(15-2-1-3-15)31-19-8-17(11-28-13-19)18-9-22-24(33-34-26(22)30-12-18)23-10-21-20(16-5-7-36-14-16)4-6-29-25(21)32-23/h4-15H,1-3H2,(H,29,32)(H,31,35)(H,30,33,34). The summed E-state index contributed by atoms with van der Waals surface area (Å²) < 4.78 is 0. The molecule has 3 N–H and O–H groups in total. The number of anilines is 1. The van der Waals surface area contributed by atoms with Crippen molar-refractivity contribution in [3.05, 3.63) is 65.9 Å². The van der Waals surface area contributed by atoms with Crippen molar-refractivity contribution in [2.45, 2.75) is 19.3 Å². The monoisotopic (exact) mass is 491 g/mol. The van der Waals surface area contributed by atoms with E-state index in [1.807, 2.05) is 18.3 Å². The molecule has 1 saturated carbocycles. The van der Waals surface area contributed by atoms with Crippen molar-refractivity contribution in [2.75, 3.05) is 5.32 Å². The van der Waals surface area contributed by atoms with Crippen LogP contribution in [0.3, 0.4) is 0 Å². The van der Waals surface area contributed by atoms with Crippen LogP contribution in [0.5, 0.6) is 0 Å². The molecule has 1 aliphatic rings. The van der Waals surface area contributed by atoms with Crippen LogP contribution in [-0.2, 0) is 4.79 Å². The molecule has 0 radical (unpaired) electrons.